The fourth-order valence-corrected chi connectivity index (χ4v) is 2.82. The first kappa shape index (κ1) is 16.6. The average molecular weight is 334 g/mol. The molecule has 2 aromatic rings. The molecule has 0 aliphatic heterocycles. The largest absolute Gasteiger partial charge is 0.480 e. The number of aliphatic carboxylic acids is 1. The van der Waals surface area contributed by atoms with Gasteiger partial charge in [-0.2, -0.15) is 0 Å². The van der Waals surface area contributed by atoms with Crippen LogP contribution in [-0.2, 0) is 9.59 Å². The van der Waals surface area contributed by atoms with Crippen molar-refractivity contribution in [1.82, 2.24) is 15.3 Å². The second kappa shape index (κ2) is 6.97. The summed E-state index contributed by atoms with van der Waals surface area (Å²) >= 11 is 1.13. The summed E-state index contributed by atoms with van der Waals surface area (Å²) in [5.41, 5.74) is 6.27. The van der Waals surface area contributed by atoms with Gasteiger partial charge in [-0.25, -0.2) is 9.78 Å². The highest BCUT2D eigenvalue weighted by Gasteiger charge is 2.25. The highest BCUT2D eigenvalue weighted by molar-refractivity contribution is 7.17. The Morgan fingerprint density at radius 3 is 2.57 bits per heavy atom. The Morgan fingerprint density at radius 1 is 1.35 bits per heavy atom. The van der Waals surface area contributed by atoms with Gasteiger partial charge >= 0.3 is 5.97 Å². The molecule has 0 aliphatic rings. The van der Waals surface area contributed by atoms with Crippen molar-refractivity contribution in [1.29, 1.82) is 0 Å². The van der Waals surface area contributed by atoms with Crippen molar-refractivity contribution in [3.63, 3.8) is 0 Å². The molecule has 0 bridgehead atoms. The Kier molecular flexibility index (Phi) is 5.02. The van der Waals surface area contributed by atoms with Crippen LogP contribution in [0.15, 0.2) is 24.5 Å². The molecule has 9 heteroatoms. The normalized spacial score (nSPS) is 11.7. The van der Waals surface area contributed by atoms with E-state index >= 15 is 0 Å². The molecule has 1 atom stereocenters. The molecular weight excluding hydrogens is 320 g/mol. The zero-order valence-corrected chi connectivity index (χ0v) is 13.0. The van der Waals surface area contributed by atoms with E-state index in [4.69, 9.17) is 10.8 Å². The van der Waals surface area contributed by atoms with E-state index in [1.165, 1.54) is 0 Å². The van der Waals surface area contributed by atoms with E-state index in [1.54, 1.807) is 31.5 Å². The van der Waals surface area contributed by atoms with E-state index < -0.39 is 30.2 Å². The standard InChI is InChI=1S/C14H14N4O4S/c1-7-11(12(20)18-9(14(21)22)6-10(15)19)23-13(17-7)8-2-4-16-5-3-8/h2-5,9H,6H2,1H3,(H2,15,19)(H,18,20)(H,21,22). The van der Waals surface area contributed by atoms with Crippen molar-refractivity contribution in [3.05, 3.63) is 35.1 Å². The number of carbonyl (C=O) groups is 3. The summed E-state index contributed by atoms with van der Waals surface area (Å²) in [6.07, 6.45) is 2.74. The summed E-state index contributed by atoms with van der Waals surface area (Å²) < 4.78 is 0. The summed E-state index contributed by atoms with van der Waals surface area (Å²) in [5.74, 6) is -2.74. The maximum Gasteiger partial charge on any atom is 0.326 e. The number of carboxylic acid groups (broad SMARTS) is 1. The van der Waals surface area contributed by atoms with Crippen molar-refractivity contribution >= 4 is 29.1 Å². The first-order valence-corrected chi connectivity index (χ1v) is 7.40. The molecule has 0 fully saturated rings. The minimum Gasteiger partial charge on any atom is -0.480 e. The Balaban J connectivity index is 2.21. The molecule has 0 saturated carbocycles. The smallest absolute Gasteiger partial charge is 0.326 e. The van der Waals surface area contributed by atoms with Crippen LogP contribution in [0.25, 0.3) is 10.6 Å². The highest BCUT2D eigenvalue weighted by Crippen LogP contribution is 2.27. The number of aryl methyl sites for hydroxylation is 1. The van der Waals surface area contributed by atoms with Gasteiger partial charge in [0.25, 0.3) is 5.91 Å². The van der Waals surface area contributed by atoms with E-state index in [2.05, 4.69) is 15.3 Å². The minimum absolute atomic E-state index is 0.285. The number of pyridine rings is 1. The Morgan fingerprint density at radius 2 is 2.00 bits per heavy atom. The number of hydrogen-bond donors (Lipinski definition) is 3. The van der Waals surface area contributed by atoms with Crippen molar-refractivity contribution < 1.29 is 19.5 Å². The second-order valence-electron chi connectivity index (χ2n) is 4.70. The van der Waals surface area contributed by atoms with Crippen LogP contribution in [0.4, 0.5) is 0 Å². The quantitative estimate of drug-likeness (QED) is 0.707. The summed E-state index contributed by atoms with van der Waals surface area (Å²) in [6.45, 7) is 1.65. The van der Waals surface area contributed by atoms with Gasteiger partial charge in [0.05, 0.1) is 12.1 Å². The lowest BCUT2D eigenvalue weighted by Crippen LogP contribution is -2.43. The first-order chi connectivity index (χ1) is 10.9. The second-order valence-corrected chi connectivity index (χ2v) is 5.70. The van der Waals surface area contributed by atoms with Gasteiger partial charge in [-0.3, -0.25) is 14.6 Å². The predicted octanol–water partition coefficient (Wildman–Crippen LogP) is 0.572. The van der Waals surface area contributed by atoms with Crippen LogP contribution in [-0.4, -0.2) is 38.9 Å². The third-order valence-electron chi connectivity index (χ3n) is 2.94. The van der Waals surface area contributed by atoms with Crippen molar-refractivity contribution in [2.45, 2.75) is 19.4 Å². The van der Waals surface area contributed by atoms with Gasteiger partial charge < -0.3 is 16.2 Å². The first-order valence-electron chi connectivity index (χ1n) is 6.58. The lowest BCUT2D eigenvalue weighted by Gasteiger charge is -2.11. The summed E-state index contributed by atoms with van der Waals surface area (Å²) in [6, 6.07) is 2.14. The van der Waals surface area contributed by atoms with Crippen LogP contribution in [0, 0.1) is 6.92 Å². The molecule has 0 aromatic carbocycles. The Labute approximate surface area is 135 Å². The molecule has 0 radical (unpaired) electrons. The lowest BCUT2D eigenvalue weighted by molar-refractivity contribution is -0.140. The van der Waals surface area contributed by atoms with Gasteiger partial charge in [0, 0.05) is 18.0 Å². The van der Waals surface area contributed by atoms with Crippen LogP contribution in [0.5, 0.6) is 0 Å². The van der Waals surface area contributed by atoms with Crippen molar-refractivity contribution in [3.8, 4) is 10.6 Å². The molecule has 0 aliphatic carbocycles. The van der Waals surface area contributed by atoms with Crippen LogP contribution in [0.3, 0.4) is 0 Å². The molecule has 2 amide bonds. The molecule has 0 saturated heterocycles. The number of nitrogens with one attached hydrogen (secondary N) is 1. The molecular formula is C14H14N4O4S. The highest BCUT2D eigenvalue weighted by atomic mass is 32.1. The van der Waals surface area contributed by atoms with Crippen LogP contribution >= 0.6 is 11.3 Å². The van der Waals surface area contributed by atoms with Crippen LogP contribution in [0.2, 0.25) is 0 Å². The van der Waals surface area contributed by atoms with Gasteiger partial charge in [0.15, 0.2) is 0 Å². The maximum atomic E-state index is 12.2. The Bertz CT molecular complexity index is 744. The summed E-state index contributed by atoms with van der Waals surface area (Å²) in [7, 11) is 0. The maximum absolute atomic E-state index is 12.2. The fraction of sp³-hybridized carbons (Fsp3) is 0.214. The molecule has 2 rings (SSSR count). The Hall–Kier alpha value is -2.81. The van der Waals surface area contributed by atoms with E-state index in [1.807, 2.05) is 0 Å². The fourth-order valence-electron chi connectivity index (χ4n) is 1.85. The topological polar surface area (TPSA) is 135 Å². The molecule has 4 N–H and O–H groups in total. The molecule has 0 spiro atoms. The molecule has 23 heavy (non-hydrogen) atoms. The number of hydrogen-bond acceptors (Lipinski definition) is 6. The molecule has 8 nitrogen and oxygen atoms in total. The van der Waals surface area contributed by atoms with E-state index in [9.17, 15) is 14.4 Å². The number of carboxylic acids is 1. The zero-order chi connectivity index (χ0) is 17.0. The minimum atomic E-state index is -1.37. The van der Waals surface area contributed by atoms with Gasteiger partial charge in [0.1, 0.15) is 15.9 Å². The number of nitrogens with zero attached hydrogens (tertiary/aromatic N) is 2. The zero-order valence-electron chi connectivity index (χ0n) is 12.1. The SMILES string of the molecule is Cc1nc(-c2ccncc2)sc1C(=O)NC(CC(N)=O)C(=O)O. The van der Waals surface area contributed by atoms with Gasteiger partial charge in [-0.05, 0) is 19.1 Å². The van der Waals surface area contributed by atoms with E-state index in [0.717, 1.165) is 16.9 Å². The van der Waals surface area contributed by atoms with Gasteiger partial charge in [-0.15, -0.1) is 11.3 Å². The van der Waals surface area contributed by atoms with Crippen molar-refractivity contribution in [2.75, 3.05) is 0 Å². The average Bonchev–Trinajstić information content (AvgIpc) is 2.89. The number of primary amides is 1. The number of thiazole rings is 1. The molecule has 2 aromatic heterocycles. The van der Waals surface area contributed by atoms with Gasteiger partial charge in [0.2, 0.25) is 5.91 Å². The third-order valence-corrected chi connectivity index (χ3v) is 4.14. The predicted molar refractivity (Wildman–Crippen MR) is 82.8 cm³/mol. The summed E-state index contributed by atoms with van der Waals surface area (Å²) in [5, 5.41) is 11.9. The number of carbonyl (C=O) groups excluding carboxylic acids is 2. The van der Waals surface area contributed by atoms with Crippen LogP contribution < -0.4 is 11.1 Å². The van der Waals surface area contributed by atoms with Crippen LogP contribution in [0.1, 0.15) is 21.8 Å². The number of aromatic nitrogens is 2. The number of amides is 2. The summed E-state index contributed by atoms with van der Waals surface area (Å²) in [4.78, 5) is 42.7. The molecule has 120 valence electrons. The van der Waals surface area contributed by atoms with E-state index in [-0.39, 0.29) is 4.88 Å². The number of nitrogens with two attached hydrogens (primary N) is 1. The molecule has 1 unspecified atom stereocenters. The molecule has 2 heterocycles. The lowest BCUT2D eigenvalue weighted by atomic mass is 10.2. The third kappa shape index (κ3) is 4.10. The van der Waals surface area contributed by atoms with E-state index in [0.29, 0.717) is 10.7 Å². The number of rotatable bonds is 6. The van der Waals surface area contributed by atoms with Gasteiger partial charge in [-0.1, -0.05) is 0 Å². The monoisotopic (exact) mass is 334 g/mol. The van der Waals surface area contributed by atoms with Crippen molar-refractivity contribution in [2.24, 2.45) is 5.73 Å².